The van der Waals surface area contributed by atoms with Crippen molar-refractivity contribution < 1.29 is 73.0 Å². The molecule has 3 aliphatic carbocycles. The summed E-state index contributed by atoms with van der Waals surface area (Å²) >= 11 is 3.42. The van der Waals surface area contributed by atoms with E-state index in [9.17, 15) is 54.0 Å². The third kappa shape index (κ3) is 8.80. The Morgan fingerprint density at radius 3 is 1.53 bits per heavy atom. The van der Waals surface area contributed by atoms with Crippen molar-refractivity contribution in [2.24, 2.45) is 11.8 Å². The van der Waals surface area contributed by atoms with Crippen molar-refractivity contribution in [1.29, 1.82) is 0 Å². The first-order chi connectivity index (χ1) is 26.8. The van der Waals surface area contributed by atoms with Gasteiger partial charge in [-0.05, 0) is 97.8 Å². The smallest absolute Gasteiger partial charge is 0.516 e. The zero-order valence-electron chi connectivity index (χ0n) is 28.7. The first kappa shape index (κ1) is 42.4. The number of carbonyl (C=O) groups excluding carboxylic acids is 3. The standard InChI is InChI=1S/C36H28F3I2NO13S2/c37-36(38,39)57(50,51)42-33(44)24-10-9-18(17-27(24)43)52-11-13-54-34(45)30-28-20-5-1-3-7-22(20)29(23-8-4-2-6-21(23)28)31(30)35(46)55-14-12-53-19-15-25(40)32(26(41)16-19)56(47,48)49/h1-10,15-17,28-31,43H,11-14H2,(H,42,44)(H,47,48,49)/p-2. The highest BCUT2D eigenvalue weighted by atomic mass is 127. The summed E-state index contributed by atoms with van der Waals surface area (Å²) in [6.07, 6.45) is 0. The lowest BCUT2D eigenvalue weighted by Crippen LogP contribution is -2.48. The molecule has 2 bridgehead atoms. The quantitative estimate of drug-likeness (QED) is 0.0846. The largest absolute Gasteiger partial charge is 0.872 e. The van der Waals surface area contributed by atoms with Crippen LogP contribution in [0.2, 0.25) is 0 Å². The van der Waals surface area contributed by atoms with Gasteiger partial charge in [-0.15, -0.1) is 0 Å². The number of benzene rings is 4. The predicted molar refractivity (Wildman–Crippen MR) is 205 cm³/mol. The minimum Gasteiger partial charge on any atom is -0.872 e. The summed E-state index contributed by atoms with van der Waals surface area (Å²) in [5, 5.41) is 12.4. The van der Waals surface area contributed by atoms with Crippen molar-refractivity contribution in [3.05, 3.63) is 114 Å². The molecule has 0 fully saturated rings. The van der Waals surface area contributed by atoms with Crippen LogP contribution in [0, 0.1) is 19.0 Å². The van der Waals surface area contributed by atoms with Crippen LogP contribution in [0.1, 0.15) is 44.4 Å². The summed E-state index contributed by atoms with van der Waals surface area (Å²) in [6, 6.07) is 20.1. The van der Waals surface area contributed by atoms with E-state index in [1.807, 2.05) is 48.5 Å². The molecule has 0 saturated heterocycles. The maximum atomic E-state index is 14.0. The summed E-state index contributed by atoms with van der Waals surface area (Å²) in [5.74, 6) is -7.61. The molecule has 3 aliphatic rings. The van der Waals surface area contributed by atoms with Crippen LogP contribution < -0.4 is 19.3 Å². The summed E-state index contributed by atoms with van der Waals surface area (Å²) < 4.78 is 119. The van der Waals surface area contributed by atoms with E-state index in [4.69, 9.17) is 18.9 Å². The van der Waals surface area contributed by atoms with Gasteiger partial charge < -0.3 is 28.6 Å². The van der Waals surface area contributed by atoms with Gasteiger partial charge >= 0.3 is 27.5 Å². The van der Waals surface area contributed by atoms with E-state index in [-0.39, 0.29) is 50.0 Å². The molecule has 57 heavy (non-hydrogen) atoms. The van der Waals surface area contributed by atoms with Gasteiger partial charge in [0, 0.05) is 24.5 Å². The SMILES string of the molecule is O=C(NS(=O)(=O)C(F)(F)F)c1ccc(OCCOC(=O)C2C3c4ccccc4C(c4ccccc43)C2C(=O)OCCOc2cc(I)c(S(=O)(=O)[O-])c(I)c2)cc1[O-]. The molecule has 0 aromatic heterocycles. The fourth-order valence-corrected chi connectivity index (χ4v) is 11.3. The van der Waals surface area contributed by atoms with Crippen LogP contribution in [-0.4, -0.2) is 71.2 Å². The van der Waals surface area contributed by atoms with Gasteiger partial charge in [0.05, 0.1) is 16.7 Å². The predicted octanol–water partition coefficient (Wildman–Crippen LogP) is 4.52. The Hall–Kier alpha value is -4.20. The number of alkyl halides is 3. The van der Waals surface area contributed by atoms with Crippen molar-refractivity contribution in [1.82, 2.24) is 4.72 Å². The normalized spacial score (nSPS) is 18.5. The summed E-state index contributed by atoms with van der Waals surface area (Å²) in [6.45, 7) is -1.11. The van der Waals surface area contributed by atoms with Crippen LogP contribution in [0.25, 0.3) is 0 Å². The Morgan fingerprint density at radius 2 is 1.12 bits per heavy atom. The van der Waals surface area contributed by atoms with Gasteiger partial charge in [0.25, 0.3) is 5.91 Å². The van der Waals surface area contributed by atoms with E-state index in [1.165, 1.54) is 12.1 Å². The molecule has 7 rings (SSSR count). The zero-order valence-corrected chi connectivity index (χ0v) is 34.6. The topological polar surface area (TPSA) is 215 Å². The number of hydrogen-bond donors (Lipinski definition) is 1. The van der Waals surface area contributed by atoms with Gasteiger partial charge in [0.1, 0.15) is 48.0 Å². The Kier molecular flexibility index (Phi) is 12.3. The number of esters is 2. The second-order valence-electron chi connectivity index (χ2n) is 12.5. The van der Waals surface area contributed by atoms with Gasteiger partial charge in [0.2, 0.25) is 0 Å². The van der Waals surface area contributed by atoms with Gasteiger partial charge in [0.15, 0.2) is 0 Å². The minimum absolute atomic E-state index is 0.148. The van der Waals surface area contributed by atoms with Crippen LogP contribution >= 0.6 is 45.2 Å². The van der Waals surface area contributed by atoms with E-state index in [0.29, 0.717) is 0 Å². The number of carbonyl (C=O) groups is 3. The van der Waals surface area contributed by atoms with Crippen molar-refractivity contribution in [2.75, 3.05) is 26.4 Å². The van der Waals surface area contributed by atoms with Crippen LogP contribution in [0.15, 0.2) is 83.8 Å². The van der Waals surface area contributed by atoms with Gasteiger partial charge in [-0.3, -0.25) is 14.4 Å². The van der Waals surface area contributed by atoms with E-state index in [2.05, 4.69) is 0 Å². The van der Waals surface area contributed by atoms with Crippen LogP contribution in [0.4, 0.5) is 13.2 Å². The highest BCUT2D eigenvalue weighted by molar-refractivity contribution is 14.1. The van der Waals surface area contributed by atoms with Crippen molar-refractivity contribution >= 4 is 83.2 Å². The lowest BCUT2D eigenvalue weighted by Gasteiger charge is -2.48. The molecule has 2 atom stereocenters. The van der Waals surface area contributed by atoms with E-state index in [1.54, 1.807) is 45.2 Å². The number of halogens is 5. The van der Waals surface area contributed by atoms with E-state index in [0.717, 1.165) is 45.2 Å². The maximum Gasteiger partial charge on any atom is 0.516 e. The minimum atomic E-state index is -6.05. The van der Waals surface area contributed by atoms with Gasteiger partial charge in [-0.1, -0.05) is 54.3 Å². The molecule has 0 saturated carbocycles. The number of ether oxygens (including phenoxy) is 4. The zero-order chi connectivity index (χ0) is 41.4. The van der Waals surface area contributed by atoms with E-state index < -0.39 is 78.5 Å². The Labute approximate surface area is 350 Å². The van der Waals surface area contributed by atoms with Crippen molar-refractivity contribution in [3.63, 3.8) is 0 Å². The molecule has 0 spiro atoms. The summed E-state index contributed by atoms with van der Waals surface area (Å²) in [5.41, 5.74) is -3.34. The molecular weight excluding hydrogens is 1030 g/mol. The lowest BCUT2D eigenvalue weighted by atomic mass is 9.54. The van der Waals surface area contributed by atoms with Gasteiger partial charge in [-0.2, -0.15) is 21.6 Å². The fourth-order valence-electron chi connectivity index (χ4n) is 6.91. The number of sulfonamides is 1. The van der Waals surface area contributed by atoms with Crippen LogP contribution in [0.5, 0.6) is 17.2 Å². The van der Waals surface area contributed by atoms with Crippen LogP contribution in [-0.2, 0) is 39.2 Å². The number of amides is 1. The van der Waals surface area contributed by atoms with Crippen molar-refractivity contribution in [2.45, 2.75) is 22.2 Å². The first-order valence-electron chi connectivity index (χ1n) is 16.5. The second-order valence-corrected chi connectivity index (χ2v) is 17.8. The van der Waals surface area contributed by atoms with Crippen LogP contribution in [0.3, 0.4) is 0 Å². The highest BCUT2D eigenvalue weighted by Gasteiger charge is 2.56. The molecule has 0 aliphatic heterocycles. The molecule has 1 amide bonds. The fraction of sp³-hybridized carbons (Fsp3) is 0.250. The number of hydrogen-bond acceptors (Lipinski definition) is 13. The second kappa shape index (κ2) is 16.6. The Bertz CT molecular complexity index is 2410. The Balaban J connectivity index is 1.14. The maximum absolute atomic E-state index is 14.0. The molecule has 4 aromatic rings. The molecule has 14 nitrogen and oxygen atoms in total. The highest BCUT2D eigenvalue weighted by Crippen LogP contribution is 2.58. The van der Waals surface area contributed by atoms with Gasteiger partial charge in [-0.25, -0.2) is 13.1 Å². The molecule has 1 N–H and O–H groups in total. The molecular formula is C36H26F3I2NO13S2-2. The molecule has 0 radical (unpaired) electrons. The molecule has 21 heteroatoms. The molecule has 0 heterocycles. The number of nitrogens with one attached hydrogen (secondary N) is 1. The average Bonchev–Trinajstić information content (AvgIpc) is 3.13. The Morgan fingerprint density at radius 1 is 0.684 bits per heavy atom. The summed E-state index contributed by atoms with van der Waals surface area (Å²) in [4.78, 5) is 39.6. The summed E-state index contributed by atoms with van der Waals surface area (Å²) in [7, 11) is -10.8. The first-order valence-corrected chi connectivity index (χ1v) is 21.5. The number of fused-ring (bicyclic) bond motifs is 1. The molecule has 2 unspecified atom stereocenters. The van der Waals surface area contributed by atoms with E-state index >= 15 is 0 Å². The molecule has 4 aromatic carbocycles. The third-order valence-electron chi connectivity index (χ3n) is 9.13. The lowest BCUT2D eigenvalue weighted by molar-refractivity contribution is -0.268. The monoisotopic (exact) mass is 1050 g/mol. The average molecular weight is 1060 g/mol. The number of rotatable bonds is 13. The van der Waals surface area contributed by atoms with Crippen molar-refractivity contribution in [3.8, 4) is 17.2 Å². The third-order valence-corrected chi connectivity index (χ3v) is 13.6. The molecule has 302 valence electrons.